The van der Waals surface area contributed by atoms with Gasteiger partial charge in [0.1, 0.15) is 10.8 Å². The molecule has 2 aromatic rings. The Morgan fingerprint density at radius 2 is 2.11 bits per heavy atom. The van der Waals surface area contributed by atoms with Crippen LogP contribution in [0.25, 0.3) is 10.9 Å². The highest BCUT2D eigenvalue weighted by molar-refractivity contribution is 7.80. The number of nitrogens with zero attached hydrogens (tertiary/aromatic N) is 2. The first-order chi connectivity index (χ1) is 9.04. The lowest BCUT2D eigenvalue weighted by atomic mass is 10.1. The van der Waals surface area contributed by atoms with Crippen LogP contribution in [0.2, 0.25) is 0 Å². The summed E-state index contributed by atoms with van der Waals surface area (Å²) >= 11 is 5.16. The normalized spacial score (nSPS) is 12.4. The molecular weight excluding hydrogens is 254 g/mol. The lowest BCUT2D eigenvalue weighted by Gasteiger charge is -2.25. The molecule has 2 N–H and O–H groups in total. The molecule has 2 rings (SSSR count). The fraction of sp³-hybridized carbons (Fsp3) is 0.333. The molecule has 1 heterocycles. The number of anilines is 1. The molecule has 1 aromatic heterocycles. The molecule has 100 valence electrons. The minimum absolute atomic E-state index is 0.414. The van der Waals surface area contributed by atoms with E-state index in [0.717, 1.165) is 28.7 Å². The average molecular weight is 273 g/mol. The molecule has 3 nitrogen and oxygen atoms in total. The van der Waals surface area contributed by atoms with Gasteiger partial charge in [0, 0.05) is 24.0 Å². The summed E-state index contributed by atoms with van der Waals surface area (Å²) in [6.45, 7) is 4.34. The maximum atomic E-state index is 5.84. The molecule has 1 aromatic carbocycles. The third-order valence-electron chi connectivity index (χ3n) is 3.58. The molecule has 4 heteroatoms. The summed E-state index contributed by atoms with van der Waals surface area (Å²) in [7, 11) is 2.05. The monoisotopic (exact) mass is 273 g/mol. The summed E-state index contributed by atoms with van der Waals surface area (Å²) in [4.78, 5) is 7.27. The van der Waals surface area contributed by atoms with Crippen LogP contribution in [0.5, 0.6) is 0 Å². The number of rotatable bonds is 4. The number of nitrogens with two attached hydrogens (primary N) is 1. The molecule has 0 saturated carbocycles. The number of hydrogen-bond acceptors (Lipinski definition) is 3. The summed E-state index contributed by atoms with van der Waals surface area (Å²) in [6.07, 6.45) is 1.06. The predicted octanol–water partition coefficient (Wildman–Crippen LogP) is 3.10. The summed E-state index contributed by atoms with van der Waals surface area (Å²) in [5.74, 6) is 0.913. The third-order valence-corrected chi connectivity index (χ3v) is 3.80. The zero-order valence-electron chi connectivity index (χ0n) is 11.6. The standard InChI is InChI=1S/C15H19N3S/c1-4-10(2)18(3)14-9-12(15(16)19)11-7-5-6-8-13(11)17-14/h5-10H,4H2,1-3H3,(H2,16,19). The van der Waals surface area contributed by atoms with Crippen molar-refractivity contribution in [2.24, 2.45) is 5.73 Å². The second kappa shape index (κ2) is 5.53. The molecule has 0 bridgehead atoms. The summed E-state index contributed by atoms with van der Waals surface area (Å²) in [5, 5.41) is 1.01. The van der Waals surface area contributed by atoms with Gasteiger partial charge >= 0.3 is 0 Å². The van der Waals surface area contributed by atoms with E-state index >= 15 is 0 Å². The molecule has 0 aliphatic heterocycles. The Labute approximate surface area is 119 Å². The van der Waals surface area contributed by atoms with Crippen molar-refractivity contribution >= 4 is 33.9 Å². The van der Waals surface area contributed by atoms with E-state index in [1.54, 1.807) is 0 Å². The van der Waals surface area contributed by atoms with Gasteiger partial charge in [-0.15, -0.1) is 0 Å². The SMILES string of the molecule is CCC(C)N(C)c1cc(C(N)=S)c2ccccc2n1. The molecule has 0 aliphatic rings. The van der Waals surface area contributed by atoms with Crippen LogP contribution in [-0.2, 0) is 0 Å². The number of aromatic nitrogens is 1. The highest BCUT2D eigenvalue weighted by Crippen LogP contribution is 2.23. The minimum atomic E-state index is 0.414. The number of para-hydroxylation sites is 1. The highest BCUT2D eigenvalue weighted by Gasteiger charge is 2.13. The molecule has 0 spiro atoms. The summed E-state index contributed by atoms with van der Waals surface area (Å²) in [6, 6.07) is 10.4. The minimum Gasteiger partial charge on any atom is -0.389 e. The topological polar surface area (TPSA) is 42.1 Å². The molecule has 19 heavy (non-hydrogen) atoms. The smallest absolute Gasteiger partial charge is 0.129 e. The van der Waals surface area contributed by atoms with E-state index in [4.69, 9.17) is 22.9 Å². The number of thiocarbonyl (C=S) groups is 1. The van der Waals surface area contributed by atoms with E-state index in [1.165, 1.54) is 0 Å². The quantitative estimate of drug-likeness (QED) is 0.869. The summed E-state index contributed by atoms with van der Waals surface area (Å²) < 4.78 is 0. The van der Waals surface area contributed by atoms with Crippen molar-refractivity contribution in [1.29, 1.82) is 0 Å². The zero-order valence-corrected chi connectivity index (χ0v) is 12.4. The van der Waals surface area contributed by atoms with E-state index in [2.05, 4.69) is 25.8 Å². The molecule has 1 atom stereocenters. The van der Waals surface area contributed by atoms with Gasteiger partial charge in [-0.1, -0.05) is 37.3 Å². The Kier molecular flexibility index (Phi) is 4.00. The van der Waals surface area contributed by atoms with Gasteiger partial charge in [-0.2, -0.15) is 0 Å². The van der Waals surface area contributed by atoms with Gasteiger partial charge in [-0.25, -0.2) is 4.98 Å². The number of fused-ring (bicyclic) bond motifs is 1. The fourth-order valence-corrected chi connectivity index (χ4v) is 2.21. The number of benzene rings is 1. The van der Waals surface area contributed by atoms with Crippen LogP contribution < -0.4 is 10.6 Å². The van der Waals surface area contributed by atoms with Gasteiger partial charge in [-0.05, 0) is 25.5 Å². The van der Waals surface area contributed by atoms with Crippen molar-refractivity contribution in [3.63, 3.8) is 0 Å². The van der Waals surface area contributed by atoms with Gasteiger partial charge in [0.15, 0.2) is 0 Å². The number of pyridine rings is 1. The lowest BCUT2D eigenvalue weighted by molar-refractivity contribution is 0.658. The second-order valence-corrected chi connectivity index (χ2v) is 5.22. The maximum Gasteiger partial charge on any atom is 0.129 e. The van der Waals surface area contributed by atoms with Crippen LogP contribution >= 0.6 is 12.2 Å². The first-order valence-electron chi connectivity index (χ1n) is 6.47. The first kappa shape index (κ1) is 13.7. The van der Waals surface area contributed by atoms with E-state index in [1.807, 2.05) is 30.3 Å². The molecule has 0 radical (unpaired) electrons. The van der Waals surface area contributed by atoms with Crippen molar-refractivity contribution in [2.45, 2.75) is 26.3 Å². The van der Waals surface area contributed by atoms with Crippen molar-refractivity contribution in [3.8, 4) is 0 Å². The van der Waals surface area contributed by atoms with E-state index in [9.17, 15) is 0 Å². The Morgan fingerprint density at radius 1 is 1.42 bits per heavy atom. The highest BCUT2D eigenvalue weighted by atomic mass is 32.1. The van der Waals surface area contributed by atoms with E-state index < -0.39 is 0 Å². The van der Waals surface area contributed by atoms with Crippen molar-refractivity contribution in [1.82, 2.24) is 4.98 Å². The Bertz CT molecular complexity index is 609. The van der Waals surface area contributed by atoms with Crippen molar-refractivity contribution in [3.05, 3.63) is 35.9 Å². The average Bonchev–Trinajstić information content (AvgIpc) is 2.44. The molecule has 1 unspecified atom stereocenters. The first-order valence-corrected chi connectivity index (χ1v) is 6.87. The van der Waals surface area contributed by atoms with Crippen molar-refractivity contribution in [2.75, 3.05) is 11.9 Å². The van der Waals surface area contributed by atoms with Crippen LogP contribution in [0.4, 0.5) is 5.82 Å². The predicted molar refractivity (Wildman–Crippen MR) is 85.8 cm³/mol. The van der Waals surface area contributed by atoms with Gasteiger partial charge in [0.25, 0.3) is 0 Å². The molecule has 0 fully saturated rings. The largest absolute Gasteiger partial charge is 0.389 e. The molecule has 0 amide bonds. The van der Waals surface area contributed by atoms with Crippen LogP contribution in [-0.4, -0.2) is 23.1 Å². The fourth-order valence-electron chi connectivity index (χ4n) is 2.05. The van der Waals surface area contributed by atoms with Crippen LogP contribution in [0.3, 0.4) is 0 Å². The Balaban J connectivity index is 2.61. The van der Waals surface area contributed by atoms with E-state index in [-0.39, 0.29) is 0 Å². The van der Waals surface area contributed by atoms with E-state index in [0.29, 0.717) is 11.0 Å². The Hall–Kier alpha value is -1.68. The molecule has 0 aliphatic carbocycles. The number of hydrogen-bond donors (Lipinski definition) is 1. The summed E-state index contributed by atoms with van der Waals surface area (Å²) in [5.41, 5.74) is 7.67. The van der Waals surface area contributed by atoms with Gasteiger partial charge in [0.05, 0.1) is 5.52 Å². The van der Waals surface area contributed by atoms with Gasteiger partial charge in [-0.3, -0.25) is 0 Å². The Morgan fingerprint density at radius 3 is 2.74 bits per heavy atom. The zero-order chi connectivity index (χ0) is 14.0. The van der Waals surface area contributed by atoms with Gasteiger partial charge in [0.2, 0.25) is 0 Å². The lowest BCUT2D eigenvalue weighted by Crippen LogP contribution is -2.29. The van der Waals surface area contributed by atoms with Crippen molar-refractivity contribution < 1.29 is 0 Å². The van der Waals surface area contributed by atoms with Gasteiger partial charge < -0.3 is 10.6 Å². The molecular formula is C15H19N3S. The second-order valence-electron chi connectivity index (χ2n) is 4.78. The third kappa shape index (κ3) is 2.68. The van der Waals surface area contributed by atoms with Crippen LogP contribution in [0.1, 0.15) is 25.8 Å². The van der Waals surface area contributed by atoms with Crippen LogP contribution in [0.15, 0.2) is 30.3 Å². The molecule has 0 saturated heterocycles. The van der Waals surface area contributed by atoms with Crippen LogP contribution in [0, 0.1) is 0 Å². The maximum absolute atomic E-state index is 5.84.